The minimum absolute atomic E-state index is 0.0998. The molecule has 4 fully saturated rings. The number of fused-ring (bicyclic) bond motifs is 3. The van der Waals surface area contributed by atoms with Gasteiger partial charge in [-0.1, -0.05) is 12.1 Å². The van der Waals surface area contributed by atoms with E-state index in [4.69, 9.17) is 0 Å². The van der Waals surface area contributed by atoms with E-state index in [9.17, 15) is 9.18 Å². The van der Waals surface area contributed by atoms with Gasteiger partial charge in [-0.2, -0.15) is 0 Å². The van der Waals surface area contributed by atoms with Crippen molar-refractivity contribution in [3.63, 3.8) is 0 Å². The Morgan fingerprint density at radius 1 is 1.13 bits per heavy atom. The number of carbonyl (C=O) groups is 1. The number of hydrogen-bond acceptors (Lipinski definition) is 1. The number of rotatable bonds is 1. The highest BCUT2D eigenvalue weighted by atomic mass is 19.1. The van der Waals surface area contributed by atoms with E-state index in [1.807, 2.05) is 11.0 Å². The zero-order valence-corrected chi connectivity index (χ0v) is 13.4. The standard InChI is InChI=1S/C20H22FNO/c21-17-3-1-2-13-9-22(10-16(13)17)18(23)19-6-12-4-14-5-15(8-19)20(14,7-12)11-19/h1-3,12,14-15H,4-11H2. The van der Waals surface area contributed by atoms with Crippen LogP contribution in [0, 0.1) is 34.4 Å². The highest BCUT2D eigenvalue weighted by Crippen LogP contribution is 2.79. The molecule has 4 saturated carbocycles. The summed E-state index contributed by atoms with van der Waals surface area (Å²) in [5, 5.41) is 0. The Balaban J connectivity index is 1.33. The monoisotopic (exact) mass is 311 g/mol. The van der Waals surface area contributed by atoms with Crippen molar-refractivity contribution in [3.8, 4) is 0 Å². The fourth-order valence-electron chi connectivity index (χ4n) is 7.47. The fourth-order valence-corrected chi connectivity index (χ4v) is 7.47. The largest absolute Gasteiger partial charge is 0.333 e. The van der Waals surface area contributed by atoms with E-state index in [2.05, 4.69) is 0 Å². The lowest BCUT2D eigenvalue weighted by atomic mass is 9.55. The molecular weight excluding hydrogens is 289 g/mol. The first-order valence-electron chi connectivity index (χ1n) is 9.15. The Morgan fingerprint density at radius 3 is 2.91 bits per heavy atom. The molecule has 6 rings (SSSR count). The van der Waals surface area contributed by atoms with Crippen molar-refractivity contribution in [3.05, 3.63) is 35.1 Å². The van der Waals surface area contributed by atoms with E-state index in [0.717, 1.165) is 48.1 Å². The van der Waals surface area contributed by atoms with Gasteiger partial charge in [0.2, 0.25) is 5.91 Å². The van der Waals surface area contributed by atoms with Crippen LogP contribution in [0.2, 0.25) is 0 Å². The highest BCUT2D eigenvalue weighted by Gasteiger charge is 2.72. The summed E-state index contributed by atoms with van der Waals surface area (Å²) >= 11 is 0. The molecule has 0 aromatic heterocycles. The second kappa shape index (κ2) is 3.81. The van der Waals surface area contributed by atoms with Gasteiger partial charge in [0.05, 0.1) is 5.41 Å². The maximum Gasteiger partial charge on any atom is 0.229 e. The van der Waals surface area contributed by atoms with Crippen molar-refractivity contribution in [2.45, 2.75) is 51.6 Å². The van der Waals surface area contributed by atoms with Crippen LogP contribution < -0.4 is 0 Å². The summed E-state index contributed by atoms with van der Waals surface area (Å²) in [5.41, 5.74) is 2.19. The molecule has 1 spiro atoms. The predicted octanol–water partition coefficient (Wildman–Crippen LogP) is 3.88. The summed E-state index contributed by atoms with van der Waals surface area (Å²) < 4.78 is 14.0. The Kier molecular flexibility index (Phi) is 2.15. The second-order valence-corrected chi connectivity index (χ2v) is 9.07. The Bertz CT molecular complexity index is 741. The van der Waals surface area contributed by atoms with Crippen LogP contribution in [0.15, 0.2) is 18.2 Å². The maximum atomic E-state index is 14.0. The molecular formula is C20H22FNO. The molecule has 0 radical (unpaired) electrons. The van der Waals surface area contributed by atoms with Crippen molar-refractivity contribution in [2.24, 2.45) is 28.6 Å². The van der Waals surface area contributed by atoms with E-state index in [0.29, 0.717) is 24.4 Å². The first-order chi connectivity index (χ1) is 11.1. The topological polar surface area (TPSA) is 20.3 Å². The smallest absolute Gasteiger partial charge is 0.229 e. The molecule has 4 aliphatic carbocycles. The van der Waals surface area contributed by atoms with E-state index in [1.54, 1.807) is 6.07 Å². The number of hydrogen-bond donors (Lipinski definition) is 0. The Labute approximate surface area is 136 Å². The molecule has 1 amide bonds. The molecule has 5 unspecified atom stereocenters. The average molecular weight is 311 g/mol. The van der Waals surface area contributed by atoms with Crippen LogP contribution in [0.25, 0.3) is 0 Å². The maximum absolute atomic E-state index is 14.0. The van der Waals surface area contributed by atoms with Gasteiger partial charge in [0.15, 0.2) is 0 Å². The summed E-state index contributed by atoms with van der Waals surface area (Å²) in [5.74, 6) is 2.71. The summed E-state index contributed by atoms with van der Waals surface area (Å²) in [6.45, 7) is 1.09. The lowest BCUT2D eigenvalue weighted by Gasteiger charge is -2.49. The lowest BCUT2D eigenvalue weighted by Crippen LogP contribution is -2.44. The summed E-state index contributed by atoms with van der Waals surface area (Å²) in [7, 11) is 0. The van der Waals surface area contributed by atoms with E-state index in [-0.39, 0.29) is 11.2 Å². The Morgan fingerprint density at radius 2 is 2.04 bits per heavy atom. The van der Waals surface area contributed by atoms with Crippen molar-refractivity contribution in [1.82, 2.24) is 4.90 Å². The van der Waals surface area contributed by atoms with Crippen molar-refractivity contribution >= 4 is 5.91 Å². The molecule has 5 aliphatic rings. The van der Waals surface area contributed by atoms with E-state index in [1.165, 1.54) is 25.3 Å². The second-order valence-electron chi connectivity index (χ2n) is 9.07. The van der Waals surface area contributed by atoms with Gasteiger partial charge in [0.25, 0.3) is 0 Å². The van der Waals surface area contributed by atoms with Crippen LogP contribution in [0.5, 0.6) is 0 Å². The molecule has 3 heteroatoms. The quantitative estimate of drug-likeness (QED) is 0.770. The normalized spacial score (nSPS) is 45.1. The van der Waals surface area contributed by atoms with Crippen molar-refractivity contribution < 1.29 is 9.18 Å². The number of halogens is 1. The third kappa shape index (κ3) is 1.39. The molecule has 0 saturated heterocycles. The Hall–Kier alpha value is -1.38. The van der Waals surface area contributed by atoms with Gasteiger partial charge < -0.3 is 4.90 Å². The zero-order valence-electron chi connectivity index (χ0n) is 13.4. The number of nitrogens with zero attached hydrogens (tertiary/aromatic N) is 1. The van der Waals surface area contributed by atoms with Gasteiger partial charge >= 0.3 is 0 Å². The van der Waals surface area contributed by atoms with Crippen LogP contribution in [0.3, 0.4) is 0 Å². The number of benzene rings is 1. The molecule has 3 bridgehead atoms. The van der Waals surface area contributed by atoms with Gasteiger partial charge in [0, 0.05) is 18.7 Å². The van der Waals surface area contributed by atoms with Gasteiger partial charge in [0.1, 0.15) is 5.82 Å². The molecule has 5 atom stereocenters. The number of amides is 1. The molecule has 2 nitrogen and oxygen atoms in total. The first kappa shape index (κ1) is 13.0. The SMILES string of the molecule is O=C(N1Cc2cccc(F)c2C1)C12CC3CC4CC(C1)C4(C3)C2. The molecule has 1 aromatic carbocycles. The van der Waals surface area contributed by atoms with Gasteiger partial charge in [-0.05, 0) is 73.3 Å². The third-order valence-electron chi connectivity index (χ3n) is 8.13. The molecule has 1 aliphatic heterocycles. The van der Waals surface area contributed by atoms with E-state index < -0.39 is 0 Å². The first-order valence-corrected chi connectivity index (χ1v) is 9.15. The van der Waals surface area contributed by atoms with Crippen LogP contribution in [0.4, 0.5) is 4.39 Å². The van der Waals surface area contributed by atoms with Crippen molar-refractivity contribution in [1.29, 1.82) is 0 Å². The number of carbonyl (C=O) groups excluding carboxylic acids is 1. The molecule has 23 heavy (non-hydrogen) atoms. The highest BCUT2D eigenvalue weighted by molar-refractivity contribution is 5.84. The average Bonchev–Trinajstić information content (AvgIpc) is 3.10. The van der Waals surface area contributed by atoms with Crippen LogP contribution in [0.1, 0.15) is 49.7 Å². The third-order valence-corrected chi connectivity index (χ3v) is 8.13. The minimum atomic E-state index is -0.149. The summed E-state index contributed by atoms with van der Waals surface area (Å²) in [4.78, 5) is 15.4. The van der Waals surface area contributed by atoms with Crippen molar-refractivity contribution in [2.75, 3.05) is 0 Å². The minimum Gasteiger partial charge on any atom is -0.333 e. The molecule has 0 N–H and O–H groups in total. The molecule has 1 heterocycles. The van der Waals surface area contributed by atoms with Crippen LogP contribution in [-0.4, -0.2) is 10.8 Å². The van der Waals surface area contributed by atoms with Crippen LogP contribution >= 0.6 is 0 Å². The molecule has 120 valence electrons. The predicted molar refractivity (Wildman–Crippen MR) is 83.7 cm³/mol. The van der Waals surface area contributed by atoms with Gasteiger partial charge in [-0.15, -0.1) is 0 Å². The zero-order chi connectivity index (χ0) is 15.4. The van der Waals surface area contributed by atoms with Gasteiger partial charge in [-0.3, -0.25) is 4.79 Å². The summed E-state index contributed by atoms with van der Waals surface area (Å²) in [6, 6.07) is 5.26. The van der Waals surface area contributed by atoms with Crippen LogP contribution in [-0.2, 0) is 17.9 Å². The van der Waals surface area contributed by atoms with Gasteiger partial charge in [-0.25, -0.2) is 4.39 Å². The molecule has 1 aromatic rings. The van der Waals surface area contributed by atoms with E-state index >= 15 is 0 Å². The fraction of sp³-hybridized carbons (Fsp3) is 0.650. The lowest BCUT2D eigenvalue weighted by molar-refractivity contribution is -0.145. The summed E-state index contributed by atoms with van der Waals surface area (Å²) in [6.07, 6.45) is 7.51.